The Bertz CT molecular complexity index is 583. The molecule has 96 valence electrons. The zero-order valence-corrected chi connectivity index (χ0v) is 9.98. The van der Waals surface area contributed by atoms with Crippen LogP contribution < -0.4 is 5.63 Å². The second-order valence-corrected chi connectivity index (χ2v) is 4.72. The Kier molecular flexibility index (Phi) is 3.56. The van der Waals surface area contributed by atoms with E-state index < -0.39 is 17.4 Å². The van der Waals surface area contributed by atoms with Crippen LogP contribution in [0.3, 0.4) is 0 Å². The zero-order valence-electron chi connectivity index (χ0n) is 9.16. The van der Waals surface area contributed by atoms with Gasteiger partial charge in [-0.25, -0.2) is 4.79 Å². The number of thiophene rings is 1. The molecule has 2 nitrogen and oxygen atoms in total. The second-order valence-electron chi connectivity index (χ2n) is 3.73. The van der Waals surface area contributed by atoms with Gasteiger partial charge in [-0.3, -0.25) is 0 Å². The summed E-state index contributed by atoms with van der Waals surface area (Å²) in [5.74, 6) is 0. The van der Waals surface area contributed by atoms with Gasteiger partial charge in [-0.2, -0.15) is 13.2 Å². The van der Waals surface area contributed by atoms with Gasteiger partial charge in [0, 0.05) is 15.8 Å². The number of rotatable bonds is 3. The molecular weight excluding hydrogens is 265 g/mol. The smallest absolute Gasteiger partial charge is 0.417 e. The Hall–Kier alpha value is -1.56. The van der Waals surface area contributed by atoms with Gasteiger partial charge in [0.05, 0.1) is 11.8 Å². The molecular formula is C12H9F3O2S. The van der Waals surface area contributed by atoms with Crippen LogP contribution in [0.2, 0.25) is 0 Å². The van der Waals surface area contributed by atoms with Crippen LogP contribution in [-0.4, -0.2) is 0 Å². The fourth-order valence-corrected chi connectivity index (χ4v) is 2.40. The number of aryl methyl sites for hydroxylation is 2. The third-order valence-corrected chi connectivity index (χ3v) is 3.43. The van der Waals surface area contributed by atoms with Crippen molar-refractivity contribution >= 4 is 11.3 Å². The molecule has 0 aromatic carbocycles. The minimum absolute atomic E-state index is 0.376. The number of hydrogen-bond donors (Lipinski definition) is 0. The maximum atomic E-state index is 12.4. The molecule has 0 aliphatic heterocycles. The Morgan fingerprint density at radius 1 is 1.28 bits per heavy atom. The molecule has 0 fully saturated rings. The summed E-state index contributed by atoms with van der Waals surface area (Å²) in [5.41, 5.74) is -0.604. The van der Waals surface area contributed by atoms with E-state index in [1.54, 1.807) is 12.1 Å². The predicted molar refractivity (Wildman–Crippen MR) is 61.7 cm³/mol. The van der Waals surface area contributed by atoms with Crippen LogP contribution in [0.25, 0.3) is 0 Å². The standard InChI is InChI=1S/C12H9F3O2S/c13-12(14,15)9-6-10(18-7-9)4-3-8-2-1-5-17-11(8)16/h1-2,5-7H,3-4H2. The predicted octanol–water partition coefficient (Wildman–Crippen LogP) is 3.51. The highest BCUT2D eigenvalue weighted by Gasteiger charge is 2.31. The third-order valence-electron chi connectivity index (χ3n) is 2.44. The molecule has 0 amide bonds. The zero-order chi connectivity index (χ0) is 13.2. The van der Waals surface area contributed by atoms with E-state index in [1.807, 2.05) is 0 Å². The van der Waals surface area contributed by atoms with Gasteiger partial charge in [0.2, 0.25) is 0 Å². The molecule has 2 aromatic rings. The maximum absolute atomic E-state index is 12.4. The van der Waals surface area contributed by atoms with Crippen molar-refractivity contribution in [3.8, 4) is 0 Å². The first-order valence-corrected chi connectivity index (χ1v) is 6.06. The first-order chi connectivity index (χ1) is 8.47. The topological polar surface area (TPSA) is 30.2 Å². The van der Waals surface area contributed by atoms with Gasteiger partial charge in [-0.1, -0.05) is 0 Å². The molecule has 2 heterocycles. The van der Waals surface area contributed by atoms with E-state index in [1.165, 1.54) is 6.26 Å². The van der Waals surface area contributed by atoms with Gasteiger partial charge < -0.3 is 4.42 Å². The summed E-state index contributed by atoms with van der Waals surface area (Å²) in [6.07, 6.45) is -2.25. The molecule has 18 heavy (non-hydrogen) atoms. The molecule has 0 saturated heterocycles. The molecule has 0 bridgehead atoms. The third kappa shape index (κ3) is 3.01. The van der Waals surface area contributed by atoms with Crippen LogP contribution in [-0.2, 0) is 19.0 Å². The van der Waals surface area contributed by atoms with Gasteiger partial charge in [-0.15, -0.1) is 11.3 Å². The molecule has 2 rings (SSSR count). The van der Waals surface area contributed by atoms with Crippen LogP contribution in [0.4, 0.5) is 13.2 Å². The van der Waals surface area contributed by atoms with Crippen molar-refractivity contribution in [1.29, 1.82) is 0 Å². The molecule has 0 saturated carbocycles. The Balaban J connectivity index is 2.06. The summed E-state index contributed by atoms with van der Waals surface area (Å²) in [6.45, 7) is 0. The van der Waals surface area contributed by atoms with E-state index in [2.05, 4.69) is 4.42 Å². The quantitative estimate of drug-likeness (QED) is 0.857. The molecule has 0 atom stereocenters. The van der Waals surface area contributed by atoms with Crippen LogP contribution >= 0.6 is 11.3 Å². The highest BCUT2D eigenvalue weighted by molar-refractivity contribution is 7.10. The van der Waals surface area contributed by atoms with Crippen molar-refractivity contribution in [3.63, 3.8) is 0 Å². The second kappa shape index (κ2) is 4.97. The van der Waals surface area contributed by atoms with Gasteiger partial charge in [0.15, 0.2) is 0 Å². The van der Waals surface area contributed by atoms with Crippen LogP contribution in [0, 0.1) is 0 Å². The normalized spacial score (nSPS) is 11.7. The molecule has 6 heteroatoms. The van der Waals surface area contributed by atoms with E-state index in [-0.39, 0.29) is 0 Å². The van der Waals surface area contributed by atoms with Crippen molar-refractivity contribution in [1.82, 2.24) is 0 Å². The summed E-state index contributed by atoms with van der Waals surface area (Å²) < 4.78 is 41.8. The van der Waals surface area contributed by atoms with Gasteiger partial charge in [-0.05, 0) is 31.0 Å². The van der Waals surface area contributed by atoms with E-state index in [0.717, 1.165) is 22.8 Å². The highest BCUT2D eigenvalue weighted by Crippen LogP contribution is 2.32. The fraction of sp³-hybridized carbons (Fsp3) is 0.250. The lowest BCUT2D eigenvalue weighted by Gasteiger charge is -2.01. The van der Waals surface area contributed by atoms with Crippen LogP contribution in [0.15, 0.2) is 39.1 Å². The molecule has 2 aromatic heterocycles. The summed E-state index contributed by atoms with van der Waals surface area (Å²) >= 11 is 1.05. The van der Waals surface area contributed by atoms with Gasteiger partial charge in [0.25, 0.3) is 0 Å². The Labute approximate surface area is 105 Å². The average molecular weight is 274 g/mol. The lowest BCUT2D eigenvalue weighted by Crippen LogP contribution is -2.07. The summed E-state index contributed by atoms with van der Waals surface area (Å²) in [6, 6.07) is 4.33. The van der Waals surface area contributed by atoms with Crippen molar-refractivity contribution in [3.05, 3.63) is 56.3 Å². The summed E-state index contributed by atoms with van der Waals surface area (Å²) in [7, 11) is 0. The lowest BCUT2D eigenvalue weighted by molar-refractivity contribution is -0.137. The van der Waals surface area contributed by atoms with Gasteiger partial charge in [0.1, 0.15) is 0 Å². The summed E-state index contributed by atoms with van der Waals surface area (Å²) in [4.78, 5) is 11.9. The molecule has 0 unspecified atom stereocenters. The van der Waals surface area contributed by atoms with E-state index in [4.69, 9.17) is 0 Å². The van der Waals surface area contributed by atoms with Crippen molar-refractivity contribution in [2.45, 2.75) is 19.0 Å². The van der Waals surface area contributed by atoms with Crippen molar-refractivity contribution in [2.75, 3.05) is 0 Å². The first kappa shape index (κ1) is 12.9. The molecule has 0 radical (unpaired) electrons. The Morgan fingerprint density at radius 2 is 2.06 bits per heavy atom. The minimum atomic E-state index is -4.31. The molecule has 0 spiro atoms. The van der Waals surface area contributed by atoms with Gasteiger partial charge >= 0.3 is 11.8 Å². The number of alkyl halides is 3. The SMILES string of the molecule is O=c1occcc1CCc1cc(C(F)(F)F)cs1. The molecule has 0 aliphatic rings. The minimum Gasteiger partial charge on any atom is -0.431 e. The molecule has 0 aliphatic carbocycles. The maximum Gasteiger partial charge on any atom is 0.417 e. The number of hydrogen-bond acceptors (Lipinski definition) is 3. The monoisotopic (exact) mass is 274 g/mol. The molecule has 0 N–H and O–H groups in total. The van der Waals surface area contributed by atoms with Crippen LogP contribution in [0.1, 0.15) is 16.0 Å². The van der Waals surface area contributed by atoms with Crippen molar-refractivity contribution < 1.29 is 17.6 Å². The lowest BCUT2D eigenvalue weighted by atomic mass is 10.1. The van der Waals surface area contributed by atoms with E-state index >= 15 is 0 Å². The average Bonchev–Trinajstić information content (AvgIpc) is 2.76. The summed E-state index contributed by atoms with van der Waals surface area (Å²) in [5, 5.41) is 1.09. The van der Waals surface area contributed by atoms with E-state index in [0.29, 0.717) is 23.3 Å². The number of halogens is 3. The first-order valence-electron chi connectivity index (χ1n) is 5.18. The highest BCUT2D eigenvalue weighted by atomic mass is 32.1. The van der Waals surface area contributed by atoms with E-state index in [9.17, 15) is 18.0 Å². The van der Waals surface area contributed by atoms with Crippen molar-refractivity contribution in [2.24, 2.45) is 0 Å². The van der Waals surface area contributed by atoms with Crippen LogP contribution in [0.5, 0.6) is 0 Å². The fourth-order valence-electron chi connectivity index (χ4n) is 1.50. The Morgan fingerprint density at radius 3 is 2.67 bits per heavy atom. The largest absolute Gasteiger partial charge is 0.431 e.